The summed E-state index contributed by atoms with van der Waals surface area (Å²) < 4.78 is 20.6. The van der Waals surface area contributed by atoms with Crippen LogP contribution in [0.5, 0.6) is 0 Å². The third-order valence-electron chi connectivity index (χ3n) is 2.60. The van der Waals surface area contributed by atoms with E-state index in [-0.39, 0.29) is 11.9 Å². The highest BCUT2D eigenvalue weighted by molar-refractivity contribution is 14.1. The number of benzene rings is 1. The molecule has 15 heavy (non-hydrogen) atoms. The van der Waals surface area contributed by atoms with E-state index < -0.39 is 0 Å². The number of hydrogen-bond acceptors (Lipinski definition) is 1. The molecule has 1 heterocycles. The van der Waals surface area contributed by atoms with Crippen LogP contribution in [0.4, 0.5) is 4.39 Å². The highest BCUT2D eigenvalue weighted by Crippen LogP contribution is 2.34. The maximum absolute atomic E-state index is 13.3. The predicted octanol–water partition coefficient (Wildman–Crippen LogP) is 4.24. The zero-order valence-corrected chi connectivity index (χ0v) is 11.8. The van der Waals surface area contributed by atoms with E-state index in [9.17, 15) is 4.39 Å². The topological polar surface area (TPSA) is 9.23 Å². The molecular weight excluding hydrogens is 374 g/mol. The summed E-state index contributed by atoms with van der Waals surface area (Å²) in [6.07, 6.45) is 2.48. The maximum Gasteiger partial charge on any atom is 0.137 e. The molecule has 0 N–H and O–H groups in total. The summed E-state index contributed by atoms with van der Waals surface area (Å²) in [5, 5.41) is 0. The Hall–Kier alpha value is 0.320. The largest absolute Gasteiger partial charge is 0.369 e. The van der Waals surface area contributed by atoms with E-state index in [1.54, 1.807) is 12.1 Å². The van der Waals surface area contributed by atoms with E-state index in [1.807, 2.05) is 6.07 Å². The van der Waals surface area contributed by atoms with E-state index in [1.165, 1.54) is 0 Å². The molecule has 0 radical (unpaired) electrons. The molecule has 1 aliphatic heterocycles. The summed E-state index contributed by atoms with van der Waals surface area (Å²) in [4.78, 5) is 0. The molecule has 0 aromatic heterocycles. The molecular formula is C11H11BrFIO. The second-order valence-corrected chi connectivity index (χ2v) is 5.39. The molecule has 0 amide bonds. The first-order valence-electron chi connectivity index (χ1n) is 4.87. The van der Waals surface area contributed by atoms with Gasteiger partial charge in [-0.25, -0.2) is 4.39 Å². The molecule has 1 saturated heterocycles. The Bertz CT molecular complexity index is 358. The molecule has 82 valence electrons. The van der Waals surface area contributed by atoms with Gasteiger partial charge in [-0.2, -0.15) is 0 Å². The van der Waals surface area contributed by atoms with Crippen molar-refractivity contribution in [3.05, 3.63) is 34.1 Å². The van der Waals surface area contributed by atoms with Gasteiger partial charge in [0.15, 0.2) is 0 Å². The molecule has 2 atom stereocenters. The Balaban J connectivity index is 2.13. The van der Waals surface area contributed by atoms with Crippen LogP contribution in [-0.4, -0.2) is 10.5 Å². The van der Waals surface area contributed by atoms with Gasteiger partial charge in [0.25, 0.3) is 0 Å². The zero-order chi connectivity index (χ0) is 10.8. The summed E-state index contributed by atoms with van der Waals surface area (Å²) in [6.45, 7) is 0. The third-order valence-corrected chi connectivity index (χ3v) is 4.22. The molecule has 1 aliphatic rings. The Morgan fingerprint density at radius 1 is 1.47 bits per heavy atom. The Morgan fingerprint density at radius 2 is 2.27 bits per heavy atom. The monoisotopic (exact) mass is 384 g/mol. The van der Waals surface area contributed by atoms with Gasteiger partial charge in [-0.05, 0) is 46.5 Å². The van der Waals surface area contributed by atoms with Crippen LogP contribution in [0.1, 0.15) is 24.5 Å². The van der Waals surface area contributed by atoms with Crippen molar-refractivity contribution in [1.82, 2.24) is 0 Å². The fourth-order valence-electron chi connectivity index (χ4n) is 1.78. The average Bonchev–Trinajstić information content (AvgIpc) is 2.70. The SMILES string of the molecule is Fc1cc(C2CCC(CI)O2)ccc1Br. The summed E-state index contributed by atoms with van der Waals surface area (Å²) in [6, 6.07) is 5.23. The molecule has 0 spiro atoms. The summed E-state index contributed by atoms with van der Waals surface area (Å²) >= 11 is 5.47. The van der Waals surface area contributed by atoms with Gasteiger partial charge in [-0.1, -0.05) is 28.7 Å². The van der Waals surface area contributed by atoms with E-state index >= 15 is 0 Å². The zero-order valence-electron chi connectivity index (χ0n) is 8.05. The van der Waals surface area contributed by atoms with Gasteiger partial charge in [0.2, 0.25) is 0 Å². The van der Waals surface area contributed by atoms with Crippen LogP contribution in [0.2, 0.25) is 0 Å². The average molecular weight is 385 g/mol. The number of hydrogen-bond donors (Lipinski definition) is 0. The summed E-state index contributed by atoms with van der Waals surface area (Å²) in [5.74, 6) is -0.214. The van der Waals surface area contributed by atoms with Crippen LogP contribution in [0, 0.1) is 5.82 Å². The molecule has 1 nitrogen and oxygen atoms in total. The molecule has 2 unspecified atom stereocenters. The smallest absolute Gasteiger partial charge is 0.137 e. The molecule has 2 rings (SSSR count). The van der Waals surface area contributed by atoms with Gasteiger partial charge < -0.3 is 4.74 Å². The summed E-state index contributed by atoms with van der Waals surface area (Å²) in [5.41, 5.74) is 0.947. The highest BCUT2D eigenvalue weighted by Gasteiger charge is 2.25. The molecule has 0 saturated carbocycles. The second kappa shape index (κ2) is 5.10. The molecule has 4 heteroatoms. The minimum atomic E-state index is -0.214. The Kier molecular flexibility index (Phi) is 4.01. The van der Waals surface area contributed by atoms with Crippen molar-refractivity contribution in [2.75, 3.05) is 4.43 Å². The maximum atomic E-state index is 13.3. The number of halogens is 3. The lowest BCUT2D eigenvalue weighted by atomic mass is 10.1. The number of alkyl halides is 1. The lowest BCUT2D eigenvalue weighted by Crippen LogP contribution is -2.07. The van der Waals surface area contributed by atoms with Crippen molar-refractivity contribution < 1.29 is 9.13 Å². The lowest BCUT2D eigenvalue weighted by molar-refractivity contribution is 0.0595. The van der Waals surface area contributed by atoms with E-state index in [2.05, 4.69) is 38.5 Å². The fraction of sp³-hybridized carbons (Fsp3) is 0.455. The molecule has 1 aromatic rings. The normalized spacial score (nSPS) is 25.8. The quantitative estimate of drug-likeness (QED) is 0.547. The van der Waals surface area contributed by atoms with Gasteiger partial charge >= 0.3 is 0 Å². The van der Waals surface area contributed by atoms with Gasteiger partial charge in [0.05, 0.1) is 16.7 Å². The van der Waals surface area contributed by atoms with Gasteiger partial charge in [0, 0.05) is 4.43 Å². The first-order valence-corrected chi connectivity index (χ1v) is 7.19. The Morgan fingerprint density at radius 3 is 2.87 bits per heavy atom. The van der Waals surface area contributed by atoms with Crippen molar-refractivity contribution in [3.8, 4) is 0 Å². The minimum absolute atomic E-state index is 0.0763. The van der Waals surface area contributed by atoms with Crippen LogP contribution in [0.15, 0.2) is 22.7 Å². The number of ether oxygens (including phenoxy) is 1. The lowest BCUT2D eigenvalue weighted by Gasteiger charge is -2.12. The minimum Gasteiger partial charge on any atom is -0.369 e. The van der Waals surface area contributed by atoms with Crippen molar-refractivity contribution in [1.29, 1.82) is 0 Å². The van der Waals surface area contributed by atoms with Gasteiger partial charge in [-0.15, -0.1) is 0 Å². The van der Waals surface area contributed by atoms with Crippen LogP contribution in [0.3, 0.4) is 0 Å². The van der Waals surface area contributed by atoms with Gasteiger partial charge in [-0.3, -0.25) is 0 Å². The van der Waals surface area contributed by atoms with Crippen LogP contribution in [0.25, 0.3) is 0 Å². The molecule has 0 aliphatic carbocycles. The molecule has 1 aromatic carbocycles. The third kappa shape index (κ3) is 2.71. The number of rotatable bonds is 2. The van der Waals surface area contributed by atoms with Crippen LogP contribution >= 0.6 is 38.5 Å². The predicted molar refractivity (Wildman–Crippen MR) is 69.8 cm³/mol. The second-order valence-electron chi connectivity index (χ2n) is 3.65. The van der Waals surface area contributed by atoms with Gasteiger partial charge in [0.1, 0.15) is 5.82 Å². The first kappa shape index (κ1) is 11.8. The summed E-state index contributed by atoms with van der Waals surface area (Å²) in [7, 11) is 0. The fourth-order valence-corrected chi connectivity index (χ4v) is 2.67. The van der Waals surface area contributed by atoms with E-state index in [4.69, 9.17) is 4.74 Å². The molecule has 0 bridgehead atoms. The standard InChI is InChI=1S/C11H11BrFIO/c12-9-3-1-7(5-10(9)13)11-4-2-8(6-14)15-11/h1,3,5,8,11H,2,4,6H2. The highest BCUT2D eigenvalue weighted by atomic mass is 127. The molecule has 1 fully saturated rings. The van der Waals surface area contributed by atoms with Crippen molar-refractivity contribution in [3.63, 3.8) is 0 Å². The first-order chi connectivity index (χ1) is 7.20. The Labute approximate surface area is 111 Å². The van der Waals surface area contributed by atoms with Crippen molar-refractivity contribution in [2.24, 2.45) is 0 Å². The van der Waals surface area contributed by atoms with Crippen LogP contribution in [-0.2, 0) is 4.74 Å². The van der Waals surface area contributed by atoms with Crippen molar-refractivity contribution in [2.45, 2.75) is 25.0 Å². The van der Waals surface area contributed by atoms with Crippen molar-refractivity contribution >= 4 is 38.5 Å². The van der Waals surface area contributed by atoms with E-state index in [0.717, 1.165) is 22.8 Å². The van der Waals surface area contributed by atoms with Crippen LogP contribution < -0.4 is 0 Å². The van der Waals surface area contributed by atoms with E-state index in [0.29, 0.717) is 10.6 Å².